The summed E-state index contributed by atoms with van der Waals surface area (Å²) < 4.78 is 0. The molecule has 0 fully saturated rings. The van der Waals surface area contributed by atoms with Gasteiger partial charge in [-0.1, -0.05) is 0 Å². The van der Waals surface area contributed by atoms with E-state index in [9.17, 15) is 9.90 Å². The number of nitrogens with two attached hydrogens (primary N) is 1. The number of carbonyl (C=O) groups is 1. The zero-order valence-corrected chi connectivity index (χ0v) is 7.14. The number of hydrogen-bond acceptors (Lipinski definition) is 5. The smallest absolute Gasteiger partial charge is 0.151 e. The molecule has 0 amide bonds. The molecule has 0 saturated heterocycles. The van der Waals surface area contributed by atoms with Crippen LogP contribution < -0.4 is 5.73 Å². The highest BCUT2D eigenvalue weighted by Gasteiger charge is 2.39. The lowest BCUT2D eigenvalue weighted by molar-refractivity contribution is -0.135. The van der Waals surface area contributed by atoms with Gasteiger partial charge in [0.2, 0.25) is 0 Å². The van der Waals surface area contributed by atoms with Crippen molar-refractivity contribution in [3.63, 3.8) is 0 Å². The fourth-order valence-corrected chi connectivity index (χ4v) is 0.823. The quantitative estimate of drug-likeness (QED) is 0.372. The number of carbonyl (C=O) groups excluding carboxylic acids is 1. The first kappa shape index (κ1) is 11.5. The summed E-state index contributed by atoms with van der Waals surface area (Å²) in [7, 11) is 0. The van der Waals surface area contributed by atoms with Gasteiger partial charge in [-0.2, -0.15) is 0 Å². The first-order valence-electron chi connectivity index (χ1n) is 3.63. The van der Waals surface area contributed by atoms with E-state index in [1.165, 1.54) is 13.8 Å². The molecule has 0 aromatic carbocycles. The number of rotatable bonds is 4. The second-order valence-corrected chi connectivity index (χ2v) is 3.07. The Labute approximate surface area is 70.8 Å². The summed E-state index contributed by atoms with van der Waals surface area (Å²) in [5, 5.41) is 27.4. The molecule has 5 N–H and O–H groups in total. The van der Waals surface area contributed by atoms with Crippen molar-refractivity contribution in [2.75, 3.05) is 0 Å². The molecule has 0 bridgehead atoms. The van der Waals surface area contributed by atoms with Crippen LogP contribution in [0.4, 0.5) is 0 Å². The minimum atomic E-state index is -1.80. The second-order valence-electron chi connectivity index (χ2n) is 3.07. The van der Waals surface area contributed by atoms with E-state index in [0.717, 1.165) is 0 Å². The first-order chi connectivity index (χ1) is 5.34. The molecule has 0 aromatic rings. The summed E-state index contributed by atoms with van der Waals surface area (Å²) in [6.45, 7) is 2.57. The molecule has 0 radical (unpaired) electrons. The average Bonchev–Trinajstić information content (AvgIpc) is 2.01. The van der Waals surface area contributed by atoms with Gasteiger partial charge >= 0.3 is 0 Å². The minimum Gasteiger partial charge on any atom is -0.392 e. The number of aliphatic hydroxyl groups excluding tert-OH is 2. The number of aldehydes is 1. The molecule has 0 aliphatic rings. The van der Waals surface area contributed by atoms with Crippen LogP contribution in [0, 0.1) is 0 Å². The third-order valence-corrected chi connectivity index (χ3v) is 1.92. The molecule has 5 heteroatoms. The average molecular weight is 177 g/mol. The van der Waals surface area contributed by atoms with E-state index in [0.29, 0.717) is 0 Å². The van der Waals surface area contributed by atoms with Crippen LogP contribution in [0.2, 0.25) is 0 Å². The summed E-state index contributed by atoms with van der Waals surface area (Å²) in [5.74, 6) is 0. The van der Waals surface area contributed by atoms with Crippen molar-refractivity contribution in [1.82, 2.24) is 0 Å². The van der Waals surface area contributed by atoms with Crippen LogP contribution >= 0.6 is 0 Å². The van der Waals surface area contributed by atoms with Crippen molar-refractivity contribution in [2.24, 2.45) is 5.73 Å². The molecule has 0 heterocycles. The lowest BCUT2D eigenvalue weighted by Gasteiger charge is -2.33. The van der Waals surface area contributed by atoms with Crippen LogP contribution in [0.25, 0.3) is 0 Å². The third kappa shape index (κ3) is 2.25. The normalized spacial score (nSPS) is 23.8. The van der Waals surface area contributed by atoms with Crippen molar-refractivity contribution in [3.05, 3.63) is 0 Å². The van der Waals surface area contributed by atoms with Gasteiger partial charge in [0.15, 0.2) is 6.29 Å². The van der Waals surface area contributed by atoms with Gasteiger partial charge in [0.05, 0.1) is 12.1 Å². The van der Waals surface area contributed by atoms with Crippen LogP contribution in [0.15, 0.2) is 0 Å². The molecule has 0 aliphatic heterocycles. The third-order valence-electron chi connectivity index (χ3n) is 1.92. The van der Waals surface area contributed by atoms with Gasteiger partial charge < -0.3 is 25.8 Å². The van der Waals surface area contributed by atoms with Gasteiger partial charge in [0, 0.05) is 0 Å². The van der Waals surface area contributed by atoms with E-state index < -0.39 is 23.9 Å². The zero-order chi connectivity index (χ0) is 9.94. The molecule has 72 valence electrons. The largest absolute Gasteiger partial charge is 0.392 e. The first-order valence-corrected chi connectivity index (χ1v) is 3.63. The summed E-state index contributed by atoms with van der Waals surface area (Å²) >= 11 is 0. The molecule has 4 atom stereocenters. The van der Waals surface area contributed by atoms with E-state index in [1.807, 2.05) is 0 Å². The lowest BCUT2D eigenvalue weighted by Crippen LogP contribution is -2.59. The van der Waals surface area contributed by atoms with E-state index in [4.69, 9.17) is 15.9 Å². The zero-order valence-electron chi connectivity index (χ0n) is 7.14. The van der Waals surface area contributed by atoms with Crippen molar-refractivity contribution in [2.45, 2.75) is 37.7 Å². The van der Waals surface area contributed by atoms with Gasteiger partial charge in [-0.05, 0) is 13.8 Å². The molecule has 0 rings (SSSR count). The highest BCUT2D eigenvalue weighted by Crippen LogP contribution is 2.14. The van der Waals surface area contributed by atoms with E-state index in [2.05, 4.69) is 0 Å². The van der Waals surface area contributed by atoms with E-state index >= 15 is 0 Å². The van der Waals surface area contributed by atoms with E-state index in [-0.39, 0.29) is 6.29 Å². The van der Waals surface area contributed by atoms with Gasteiger partial charge in [-0.3, -0.25) is 0 Å². The molecule has 4 unspecified atom stereocenters. The predicted molar refractivity (Wildman–Crippen MR) is 42.4 cm³/mol. The Morgan fingerprint density at radius 3 is 2.17 bits per heavy atom. The summed E-state index contributed by atoms with van der Waals surface area (Å²) in [5.41, 5.74) is 3.56. The maximum Gasteiger partial charge on any atom is 0.151 e. The molecular formula is C7H15NO4. The van der Waals surface area contributed by atoms with Crippen LogP contribution in [0.1, 0.15) is 13.8 Å². The van der Waals surface area contributed by atoms with Crippen molar-refractivity contribution >= 4 is 6.29 Å². The molecule has 5 nitrogen and oxygen atoms in total. The Hall–Kier alpha value is -0.490. The summed E-state index contributed by atoms with van der Waals surface area (Å²) in [6, 6.07) is -1.06. The predicted octanol–water partition coefficient (Wildman–Crippen LogP) is -1.99. The van der Waals surface area contributed by atoms with Crippen molar-refractivity contribution in [3.8, 4) is 0 Å². The lowest BCUT2D eigenvalue weighted by atomic mass is 9.88. The van der Waals surface area contributed by atoms with Gasteiger partial charge in [0.1, 0.15) is 11.7 Å². The van der Waals surface area contributed by atoms with Gasteiger partial charge in [-0.15, -0.1) is 0 Å². The highest BCUT2D eigenvalue weighted by atomic mass is 16.4. The Morgan fingerprint density at radius 2 is 1.92 bits per heavy atom. The molecule has 0 spiro atoms. The van der Waals surface area contributed by atoms with Crippen LogP contribution in [0.3, 0.4) is 0 Å². The Bertz CT molecular complexity index is 157. The highest BCUT2D eigenvalue weighted by molar-refractivity contribution is 5.58. The minimum absolute atomic E-state index is 0.183. The molecular weight excluding hydrogens is 162 g/mol. The van der Waals surface area contributed by atoms with Gasteiger partial charge in [-0.25, -0.2) is 0 Å². The number of aliphatic hydroxyl groups is 3. The maximum absolute atomic E-state index is 10.1. The van der Waals surface area contributed by atoms with Crippen LogP contribution in [-0.2, 0) is 4.79 Å². The van der Waals surface area contributed by atoms with E-state index in [1.54, 1.807) is 0 Å². The van der Waals surface area contributed by atoms with Crippen molar-refractivity contribution < 1.29 is 20.1 Å². The molecule has 0 aliphatic carbocycles. The fraction of sp³-hybridized carbons (Fsp3) is 0.857. The summed E-state index contributed by atoms with van der Waals surface area (Å²) in [6.07, 6.45) is -2.39. The standard InChI is InChI=1S/C7H15NO4/c1-4(10)6(8)7(2,12)5(11)3-9/h3-6,10-12H,8H2,1-2H3. The Kier molecular flexibility index (Phi) is 3.79. The summed E-state index contributed by atoms with van der Waals surface area (Å²) in [4.78, 5) is 10.1. The van der Waals surface area contributed by atoms with Crippen LogP contribution in [-0.4, -0.2) is 45.5 Å². The Balaban J connectivity index is 4.47. The Morgan fingerprint density at radius 1 is 1.50 bits per heavy atom. The molecule has 12 heavy (non-hydrogen) atoms. The van der Waals surface area contributed by atoms with Gasteiger partial charge in [0.25, 0.3) is 0 Å². The molecule has 0 saturated carbocycles. The SMILES string of the molecule is CC(O)C(N)C(C)(O)C(O)C=O. The fourth-order valence-electron chi connectivity index (χ4n) is 0.823. The topological polar surface area (TPSA) is 104 Å². The van der Waals surface area contributed by atoms with Crippen LogP contribution in [0.5, 0.6) is 0 Å². The molecule has 0 aromatic heterocycles. The maximum atomic E-state index is 10.1. The van der Waals surface area contributed by atoms with Crippen molar-refractivity contribution in [1.29, 1.82) is 0 Å². The second kappa shape index (κ2) is 3.95. The number of hydrogen-bond donors (Lipinski definition) is 4. The monoisotopic (exact) mass is 177 g/mol.